The smallest absolute Gasteiger partial charge is 0.286 e. The summed E-state index contributed by atoms with van der Waals surface area (Å²) in [6.45, 7) is 1.27. The van der Waals surface area contributed by atoms with Crippen molar-refractivity contribution in [1.82, 2.24) is 10.3 Å². The highest BCUT2D eigenvalue weighted by Gasteiger charge is 2.31. The standard InChI is InChI=1S/C18H19N3O3S.C4H4O2S/c1-21(16-4-2-3-9-19-16)10-11-24-14-7-5-13(6-8-14)12-15-17(22)20-18(23)25-15;5-3-1-4(6)7-2-3/h2-9,15H,10-12H2,1H3,(H,20,22,23);1-2H2. The monoisotopic (exact) mass is 473 g/mol. The molecule has 32 heavy (non-hydrogen) atoms. The molecule has 1 unspecified atom stereocenters. The molecule has 4 rings (SSSR count). The first kappa shape index (κ1) is 23.8. The van der Waals surface area contributed by atoms with Gasteiger partial charge in [0, 0.05) is 13.2 Å². The van der Waals surface area contributed by atoms with Crippen LogP contribution in [0.3, 0.4) is 0 Å². The van der Waals surface area contributed by atoms with E-state index in [-0.39, 0.29) is 33.7 Å². The molecule has 168 valence electrons. The second-order valence-corrected chi connectivity index (χ2v) is 9.27. The second kappa shape index (κ2) is 11.7. The minimum absolute atomic E-state index is 0.0185. The zero-order valence-corrected chi connectivity index (χ0v) is 19.1. The van der Waals surface area contributed by atoms with Crippen LogP contribution in [0.25, 0.3) is 0 Å². The SMILES string of the molecule is CN(CCOc1ccc(CC2SC(=O)NC2=O)cc1)c1ccccn1.O=C1CSC(=O)C1. The number of carbonyl (C=O) groups is 4. The number of nitrogens with zero attached hydrogens (tertiary/aromatic N) is 2. The van der Waals surface area contributed by atoms with Gasteiger partial charge in [-0.15, -0.1) is 0 Å². The maximum Gasteiger partial charge on any atom is 0.286 e. The number of amides is 2. The van der Waals surface area contributed by atoms with Crippen LogP contribution in [-0.4, -0.2) is 58.2 Å². The molecule has 2 saturated heterocycles. The van der Waals surface area contributed by atoms with Gasteiger partial charge in [-0.05, 0) is 36.2 Å². The first-order valence-electron chi connectivity index (χ1n) is 9.93. The van der Waals surface area contributed by atoms with Gasteiger partial charge in [0.1, 0.15) is 18.2 Å². The van der Waals surface area contributed by atoms with E-state index >= 15 is 0 Å². The highest BCUT2D eigenvalue weighted by atomic mass is 32.2. The number of hydrogen-bond donors (Lipinski definition) is 1. The molecule has 2 fully saturated rings. The molecule has 0 spiro atoms. The van der Waals surface area contributed by atoms with Crippen molar-refractivity contribution in [3.8, 4) is 5.75 Å². The summed E-state index contributed by atoms with van der Waals surface area (Å²) in [6, 6.07) is 13.4. The topological polar surface area (TPSA) is 106 Å². The van der Waals surface area contributed by atoms with E-state index in [2.05, 4.69) is 10.3 Å². The van der Waals surface area contributed by atoms with Gasteiger partial charge >= 0.3 is 0 Å². The lowest BCUT2D eigenvalue weighted by molar-refractivity contribution is -0.120. The third-order valence-corrected chi connectivity index (χ3v) is 6.50. The van der Waals surface area contributed by atoms with Gasteiger partial charge in [-0.25, -0.2) is 4.98 Å². The van der Waals surface area contributed by atoms with Crippen LogP contribution < -0.4 is 15.0 Å². The molecular formula is C22H23N3O5S2. The fourth-order valence-electron chi connectivity index (χ4n) is 2.88. The summed E-state index contributed by atoms with van der Waals surface area (Å²) in [5.74, 6) is 1.93. The zero-order chi connectivity index (χ0) is 22.9. The van der Waals surface area contributed by atoms with E-state index in [4.69, 9.17) is 4.74 Å². The van der Waals surface area contributed by atoms with Crippen LogP contribution in [-0.2, 0) is 20.8 Å². The summed E-state index contributed by atoms with van der Waals surface area (Å²) in [4.78, 5) is 49.5. The summed E-state index contributed by atoms with van der Waals surface area (Å²) in [5, 5.41) is 1.71. The van der Waals surface area contributed by atoms with E-state index in [0.717, 1.165) is 47.2 Å². The summed E-state index contributed by atoms with van der Waals surface area (Å²) in [7, 11) is 1.97. The number of carbonyl (C=O) groups excluding carboxylic acids is 4. The maximum absolute atomic E-state index is 11.6. The summed E-state index contributed by atoms with van der Waals surface area (Å²) < 4.78 is 5.75. The summed E-state index contributed by atoms with van der Waals surface area (Å²) >= 11 is 2.16. The number of anilines is 1. The molecule has 1 atom stereocenters. The Kier molecular flexibility index (Phi) is 8.69. The van der Waals surface area contributed by atoms with Crippen LogP contribution in [0.15, 0.2) is 48.7 Å². The van der Waals surface area contributed by atoms with E-state index in [9.17, 15) is 19.2 Å². The number of Topliss-reactive ketones (excluding diaryl/α,β-unsaturated/α-hetero) is 1. The van der Waals surface area contributed by atoms with Crippen LogP contribution in [0.5, 0.6) is 5.75 Å². The predicted molar refractivity (Wildman–Crippen MR) is 125 cm³/mol. The third kappa shape index (κ3) is 7.38. The van der Waals surface area contributed by atoms with Gasteiger partial charge in [-0.2, -0.15) is 0 Å². The Labute approximate surface area is 194 Å². The number of ketones is 1. The van der Waals surface area contributed by atoms with Crippen molar-refractivity contribution in [1.29, 1.82) is 0 Å². The molecule has 2 aliphatic heterocycles. The second-order valence-electron chi connectivity index (χ2n) is 7.07. The molecule has 1 aromatic heterocycles. The van der Waals surface area contributed by atoms with Crippen molar-refractivity contribution < 1.29 is 23.9 Å². The summed E-state index contributed by atoms with van der Waals surface area (Å²) in [5.41, 5.74) is 1.00. The number of ether oxygens (including phenoxy) is 1. The average molecular weight is 474 g/mol. The molecule has 1 N–H and O–H groups in total. The molecular weight excluding hydrogens is 450 g/mol. The van der Waals surface area contributed by atoms with E-state index in [1.165, 1.54) is 0 Å². The number of imide groups is 1. The number of nitrogens with one attached hydrogen (secondary N) is 1. The molecule has 2 amide bonds. The van der Waals surface area contributed by atoms with E-state index in [1.54, 1.807) is 6.20 Å². The Morgan fingerprint density at radius 3 is 2.44 bits per heavy atom. The van der Waals surface area contributed by atoms with E-state index in [1.807, 2.05) is 54.4 Å². The third-order valence-electron chi connectivity index (χ3n) is 4.58. The minimum atomic E-state index is -0.341. The van der Waals surface area contributed by atoms with Crippen molar-refractivity contribution in [3.63, 3.8) is 0 Å². The van der Waals surface area contributed by atoms with E-state index < -0.39 is 0 Å². The fourth-order valence-corrected chi connectivity index (χ4v) is 4.43. The quantitative estimate of drug-likeness (QED) is 0.608. The molecule has 10 heteroatoms. The molecule has 0 aliphatic carbocycles. The Bertz CT molecular complexity index is 955. The van der Waals surface area contributed by atoms with Crippen LogP contribution in [0.1, 0.15) is 12.0 Å². The minimum Gasteiger partial charge on any atom is -0.492 e. The first-order chi connectivity index (χ1) is 15.4. The van der Waals surface area contributed by atoms with Gasteiger partial charge in [0.25, 0.3) is 5.24 Å². The highest BCUT2D eigenvalue weighted by molar-refractivity contribution is 8.15. The van der Waals surface area contributed by atoms with Gasteiger partial charge in [-0.1, -0.05) is 41.7 Å². The number of thioether (sulfide) groups is 2. The number of hydrogen-bond acceptors (Lipinski definition) is 9. The molecule has 8 nitrogen and oxygen atoms in total. The van der Waals surface area contributed by atoms with Crippen LogP contribution in [0.2, 0.25) is 0 Å². The van der Waals surface area contributed by atoms with Gasteiger partial charge < -0.3 is 9.64 Å². The molecule has 0 saturated carbocycles. The number of rotatable bonds is 7. The molecule has 0 radical (unpaired) electrons. The lowest BCUT2D eigenvalue weighted by atomic mass is 10.1. The van der Waals surface area contributed by atoms with Crippen molar-refractivity contribution in [2.75, 3.05) is 30.9 Å². The zero-order valence-electron chi connectivity index (χ0n) is 17.5. The van der Waals surface area contributed by atoms with E-state index in [0.29, 0.717) is 18.8 Å². The normalized spacial score (nSPS) is 17.6. The Balaban J connectivity index is 0.000000352. The Morgan fingerprint density at radius 2 is 1.91 bits per heavy atom. The molecule has 3 heterocycles. The van der Waals surface area contributed by atoms with Crippen molar-refractivity contribution in [2.24, 2.45) is 0 Å². The predicted octanol–water partition coefficient (Wildman–Crippen LogP) is 2.71. The van der Waals surface area contributed by atoms with Gasteiger partial charge in [0.05, 0.1) is 24.0 Å². The summed E-state index contributed by atoms with van der Waals surface area (Å²) in [6.07, 6.45) is 2.46. The van der Waals surface area contributed by atoms with Crippen molar-refractivity contribution in [3.05, 3.63) is 54.2 Å². The molecule has 0 bridgehead atoms. The number of likely N-dealkylation sites (N-methyl/N-ethyl adjacent to an activating group) is 1. The number of pyridine rings is 1. The number of benzene rings is 1. The molecule has 2 aliphatic rings. The van der Waals surface area contributed by atoms with Crippen LogP contribution >= 0.6 is 23.5 Å². The first-order valence-corrected chi connectivity index (χ1v) is 11.8. The number of aromatic nitrogens is 1. The van der Waals surface area contributed by atoms with Crippen molar-refractivity contribution in [2.45, 2.75) is 18.1 Å². The molecule has 1 aromatic carbocycles. The lowest BCUT2D eigenvalue weighted by Crippen LogP contribution is -2.25. The maximum atomic E-state index is 11.6. The van der Waals surface area contributed by atoms with Crippen LogP contribution in [0, 0.1) is 0 Å². The highest BCUT2D eigenvalue weighted by Crippen LogP contribution is 2.24. The van der Waals surface area contributed by atoms with Crippen molar-refractivity contribution >= 4 is 51.4 Å². The molecule has 2 aromatic rings. The Morgan fingerprint density at radius 1 is 1.12 bits per heavy atom. The van der Waals surface area contributed by atoms with Crippen LogP contribution in [0.4, 0.5) is 10.6 Å². The largest absolute Gasteiger partial charge is 0.492 e. The lowest BCUT2D eigenvalue weighted by Gasteiger charge is -2.18. The van der Waals surface area contributed by atoms with Gasteiger partial charge in [0.2, 0.25) is 5.91 Å². The Hall–Kier alpha value is -2.85. The average Bonchev–Trinajstić information content (AvgIpc) is 3.32. The van der Waals surface area contributed by atoms with Gasteiger partial charge in [0.15, 0.2) is 10.9 Å². The van der Waals surface area contributed by atoms with Gasteiger partial charge in [-0.3, -0.25) is 24.5 Å². The fraction of sp³-hybridized carbons (Fsp3) is 0.318.